The van der Waals surface area contributed by atoms with Gasteiger partial charge in [-0.25, -0.2) is 0 Å². The average molecular weight is 482 g/mol. The molecule has 2 unspecified atom stereocenters. The van der Waals surface area contributed by atoms with E-state index in [1.165, 1.54) is 0 Å². The number of ether oxygens (including phenoxy) is 2. The molecular weight excluding hydrogens is 446 g/mol. The number of rotatable bonds is 8. The Hall–Kier alpha value is -3.88. The summed E-state index contributed by atoms with van der Waals surface area (Å²) in [5.74, 6) is 0.677. The van der Waals surface area contributed by atoms with E-state index in [4.69, 9.17) is 19.7 Å². The number of hydrogen-bond acceptors (Lipinski definition) is 5. The van der Waals surface area contributed by atoms with E-state index in [9.17, 15) is 0 Å². The fraction of sp³-hybridized carbons (Fsp3) is 0.290. The molecule has 5 heteroatoms. The van der Waals surface area contributed by atoms with Gasteiger partial charge in [0.15, 0.2) is 0 Å². The summed E-state index contributed by atoms with van der Waals surface area (Å²) >= 11 is 0. The molecule has 36 heavy (non-hydrogen) atoms. The fourth-order valence-corrected chi connectivity index (χ4v) is 4.54. The molecule has 0 N–H and O–H groups in total. The van der Waals surface area contributed by atoms with Crippen LogP contribution < -0.4 is 0 Å². The van der Waals surface area contributed by atoms with Crippen molar-refractivity contribution >= 4 is 11.5 Å². The van der Waals surface area contributed by atoms with Gasteiger partial charge in [-0.05, 0) is 62.6 Å². The first-order valence-electron chi connectivity index (χ1n) is 12.1. The van der Waals surface area contributed by atoms with E-state index in [2.05, 4.69) is 57.9 Å². The SMILES string of the molecule is C=CC(=C(/OC)c1cccc(-c2ccc(C#N)cc2)c1C)/C(C=C)=N/C=C(\C)N1CC(C)OC(C)C1. The van der Waals surface area contributed by atoms with Gasteiger partial charge in [-0.2, -0.15) is 5.26 Å². The second-order valence-corrected chi connectivity index (χ2v) is 8.97. The maximum Gasteiger partial charge on any atom is 0.135 e. The molecule has 0 bridgehead atoms. The molecule has 2 aromatic carbocycles. The van der Waals surface area contributed by atoms with E-state index < -0.39 is 0 Å². The van der Waals surface area contributed by atoms with E-state index in [0.29, 0.717) is 17.0 Å². The zero-order valence-corrected chi connectivity index (χ0v) is 21.9. The van der Waals surface area contributed by atoms with Crippen molar-refractivity contribution in [2.24, 2.45) is 4.99 Å². The Morgan fingerprint density at radius 1 is 1.11 bits per heavy atom. The Kier molecular flexibility index (Phi) is 9.05. The minimum absolute atomic E-state index is 0.176. The van der Waals surface area contributed by atoms with E-state index >= 15 is 0 Å². The van der Waals surface area contributed by atoms with Crippen LogP contribution in [0.5, 0.6) is 0 Å². The topological polar surface area (TPSA) is 57.8 Å². The van der Waals surface area contributed by atoms with Gasteiger partial charge in [0.05, 0.1) is 36.7 Å². The van der Waals surface area contributed by atoms with Crippen LogP contribution in [0.4, 0.5) is 0 Å². The summed E-state index contributed by atoms with van der Waals surface area (Å²) in [6.45, 7) is 18.0. The number of hydrogen-bond donors (Lipinski definition) is 0. The number of nitriles is 1. The van der Waals surface area contributed by atoms with Gasteiger partial charge in [0.1, 0.15) is 5.76 Å². The highest BCUT2D eigenvalue weighted by Gasteiger charge is 2.22. The Balaban J connectivity index is 2.03. The third-order valence-electron chi connectivity index (χ3n) is 6.33. The van der Waals surface area contributed by atoms with Crippen molar-refractivity contribution in [1.82, 2.24) is 4.90 Å². The van der Waals surface area contributed by atoms with Gasteiger partial charge >= 0.3 is 0 Å². The lowest BCUT2D eigenvalue weighted by Gasteiger charge is -2.37. The highest BCUT2D eigenvalue weighted by Crippen LogP contribution is 2.32. The van der Waals surface area contributed by atoms with Crippen LogP contribution in [0.25, 0.3) is 16.9 Å². The Morgan fingerprint density at radius 3 is 2.33 bits per heavy atom. The maximum absolute atomic E-state index is 9.13. The maximum atomic E-state index is 9.13. The summed E-state index contributed by atoms with van der Waals surface area (Å²) in [6.07, 6.45) is 5.71. The molecule has 1 aliphatic rings. The zero-order chi connectivity index (χ0) is 26.2. The third-order valence-corrected chi connectivity index (χ3v) is 6.33. The number of allylic oxidation sites excluding steroid dienone is 4. The molecule has 0 aromatic heterocycles. The minimum atomic E-state index is 0.176. The van der Waals surface area contributed by atoms with Crippen molar-refractivity contribution < 1.29 is 9.47 Å². The highest BCUT2D eigenvalue weighted by atomic mass is 16.5. The van der Waals surface area contributed by atoms with E-state index in [-0.39, 0.29) is 12.2 Å². The zero-order valence-electron chi connectivity index (χ0n) is 21.9. The van der Waals surface area contributed by atoms with Crippen LogP contribution >= 0.6 is 0 Å². The van der Waals surface area contributed by atoms with E-state index in [1.807, 2.05) is 42.6 Å². The lowest BCUT2D eigenvalue weighted by molar-refractivity contribution is -0.0577. The van der Waals surface area contributed by atoms with Gasteiger partial charge in [0.2, 0.25) is 0 Å². The van der Waals surface area contributed by atoms with Gasteiger partial charge in [0.25, 0.3) is 0 Å². The predicted octanol–water partition coefficient (Wildman–Crippen LogP) is 6.67. The third kappa shape index (κ3) is 6.02. The summed E-state index contributed by atoms with van der Waals surface area (Å²) in [4.78, 5) is 7.07. The Labute approximate surface area is 215 Å². The predicted molar refractivity (Wildman–Crippen MR) is 148 cm³/mol. The van der Waals surface area contributed by atoms with Crippen LogP contribution in [0.1, 0.15) is 37.5 Å². The first kappa shape index (κ1) is 26.7. The lowest BCUT2D eigenvalue weighted by Crippen LogP contribution is -2.44. The standard InChI is InChI=1S/C31H35N3O2/c1-8-27(30(9-2)33-18-21(3)34-19-22(4)36-23(5)20-34)31(35-7)29-12-10-11-28(24(29)6)26-15-13-25(17-32)14-16-26/h8-16,18,22-23H,1-2,19-20H2,3-7H3/b21-18+,31-27-,33-30+. The van der Waals surface area contributed by atoms with E-state index in [0.717, 1.165) is 46.6 Å². The molecule has 0 spiro atoms. The molecule has 0 amide bonds. The number of nitrogens with zero attached hydrogens (tertiary/aromatic N) is 3. The summed E-state index contributed by atoms with van der Waals surface area (Å²) in [5.41, 5.74) is 7.25. The van der Waals surface area contributed by atoms with Crippen LogP contribution in [-0.2, 0) is 9.47 Å². The molecule has 1 fully saturated rings. The molecule has 0 saturated carbocycles. The lowest BCUT2D eigenvalue weighted by atomic mass is 9.93. The molecular formula is C31H35N3O2. The molecule has 0 aliphatic carbocycles. The normalized spacial score (nSPS) is 19.3. The smallest absolute Gasteiger partial charge is 0.135 e. The van der Waals surface area contributed by atoms with Crippen LogP contribution in [0.15, 0.2) is 90.2 Å². The van der Waals surface area contributed by atoms with Gasteiger partial charge in [0, 0.05) is 36.1 Å². The van der Waals surface area contributed by atoms with Gasteiger partial charge < -0.3 is 14.4 Å². The number of morpholine rings is 1. The van der Waals surface area contributed by atoms with Crippen molar-refractivity contribution in [3.8, 4) is 17.2 Å². The largest absolute Gasteiger partial charge is 0.495 e. The van der Waals surface area contributed by atoms with Crippen molar-refractivity contribution in [1.29, 1.82) is 5.26 Å². The van der Waals surface area contributed by atoms with Gasteiger partial charge in [-0.3, -0.25) is 4.99 Å². The summed E-state index contributed by atoms with van der Waals surface area (Å²) in [6, 6.07) is 15.9. The Bertz CT molecular complexity index is 1240. The highest BCUT2D eigenvalue weighted by molar-refractivity contribution is 6.14. The summed E-state index contributed by atoms with van der Waals surface area (Å²) in [5, 5.41) is 9.13. The Morgan fingerprint density at radius 2 is 1.78 bits per heavy atom. The first-order chi connectivity index (χ1) is 17.3. The quantitative estimate of drug-likeness (QED) is 0.240. The molecule has 3 rings (SSSR count). The van der Waals surface area contributed by atoms with Crippen LogP contribution in [0.3, 0.4) is 0 Å². The molecule has 1 heterocycles. The molecule has 0 radical (unpaired) electrons. The van der Waals surface area contributed by atoms with Crippen molar-refractivity contribution in [2.45, 2.75) is 39.9 Å². The van der Waals surface area contributed by atoms with Gasteiger partial charge in [-0.1, -0.05) is 49.6 Å². The summed E-state index contributed by atoms with van der Waals surface area (Å²) in [7, 11) is 1.66. The van der Waals surface area contributed by atoms with Crippen molar-refractivity contribution in [2.75, 3.05) is 20.2 Å². The molecule has 1 aliphatic heterocycles. The van der Waals surface area contributed by atoms with E-state index in [1.54, 1.807) is 19.3 Å². The number of aliphatic imine (C=N–C) groups is 1. The van der Waals surface area contributed by atoms with Crippen molar-refractivity contribution in [3.05, 3.63) is 102 Å². The molecule has 2 aromatic rings. The summed E-state index contributed by atoms with van der Waals surface area (Å²) < 4.78 is 11.8. The fourth-order valence-electron chi connectivity index (χ4n) is 4.54. The average Bonchev–Trinajstić information content (AvgIpc) is 2.88. The molecule has 186 valence electrons. The number of benzene rings is 2. The van der Waals surface area contributed by atoms with Gasteiger partial charge in [-0.15, -0.1) is 0 Å². The van der Waals surface area contributed by atoms with Crippen LogP contribution in [0.2, 0.25) is 0 Å². The second-order valence-electron chi connectivity index (χ2n) is 8.97. The molecule has 2 atom stereocenters. The van der Waals surface area contributed by atoms with Crippen LogP contribution in [-0.4, -0.2) is 43.0 Å². The minimum Gasteiger partial charge on any atom is -0.495 e. The monoisotopic (exact) mass is 481 g/mol. The first-order valence-corrected chi connectivity index (χ1v) is 12.1. The number of methoxy groups -OCH3 is 1. The van der Waals surface area contributed by atoms with Crippen molar-refractivity contribution in [3.63, 3.8) is 0 Å². The molecule has 1 saturated heterocycles. The molecule has 5 nitrogen and oxygen atoms in total. The van der Waals surface area contributed by atoms with Crippen LogP contribution in [0, 0.1) is 18.3 Å². The second kappa shape index (κ2) is 12.2.